The van der Waals surface area contributed by atoms with Gasteiger partial charge in [0.15, 0.2) is 11.5 Å². The molecule has 9 heteroatoms. The summed E-state index contributed by atoms with van der Waals surface area (Å²) in [6, 6.07) is 3.56. The van der Waals surface area contributed by atoms with E-state index in [0.717, 1.165) is 54.6 Å². The second-order valence-electron chi connectivity index (χ2n) is 7.21. The van der Waals surface area contributed by atoms with E-state index in [-0.39, 0.29) is 6.04 Å². The van der Waals surface area contributed by atoms with E-state index in [2.05, 4.69) is 31.8 Å². The van der Waals surface area contributed by atoms with Crippen molar-refractivity contribution in [1.29, 1.82) is 0 Å². The van der Waals surface area contributed by atoms with Crippen LogP contribution in [0.5, 0.6) is 0 Å². The molecule has 5 heterocycles. The van der Waals surface area contributed by atoms with Gasteiger partial charge in [-0.15, -0.1) is 0 Å². The Labute approximate surface area is 172 Å². The van der Waals surface area contributed by atoms with Crippen molar-refractivity contribution in [2.75, 3.05) is 38.1 Å². The molecule has 1 aliphatic rings. The summed E-state index contributed by atoms with van der Waals surface area (Å²) in [4.78, 5) is 23.0. The maximum absolute atomic E-state index is 6.37. The van der Waals surface area contributed by atoms with E-state index < -0.39 is 0 Å². The van der Waals surface area contributed by atoms with Gasteiger partial charge in [-0.25, -0.2) is 19.9 Å². The number of nitrogens with two attached hydrogens (primary N) is 1. The van der Waals surface area contributed by atoms with Crippen LogP contribution in [0.1, 0.15) is 17.4 Å². The molecule has 148 valence electrons. The van der Waals surface area contributed by atoms with Crippen LogP contribution in [-0.4, -0.2) is 62.5 Å². The molecule has 2 N–H and O–H groups in total. The topological polar surface area (TPSA) is 88.5 Å². The zero-order chi connectivity index (χ0) is 19.8. The number of piperazine rings is 1. The molecule has 0 spiro atoms. The highest BCUT2D eigenvalue weighted by atomic mass is 32.1. The van der Waals surface area contributed by atoms with Crippen molar-refractivity contribution < 1.29 is 0 Å². The van der Waals surface area contributed by atoms with Gasteiger partial charge < -0.3 is 15.5 Å². The highest BCUT2D eigenvalue weighted by Crippen LogP contribution is 2.26. The number of aromatic nitrogens is 5. The van der Waals surface area contributed by atoms with E-state index in [9.17, 15) is 0 Å². The summed E-state index contributed by atoms with van der Waals surface area (Å²) in [6.07, 6.45) is 7.35. The van der Waals surface area contributed by atoms with E-state index in [1.807, 2.05) is 45.9 Å². The molecule has 0 aliphatic carbocycles. The summed E-state index contributed by atoms with van der Waals surface area (Å²) < 4.78 is 2.04. The Morgan fingerprint density at radius 3 is 2.72 bits per heavy atom. The van der Waals surface area contributed by atoms with Gasteiger partial charge in [-0.05, 0) is 35.5 Å². The quantitative estimate of drug-likeness (QED) is 0.555. The van der Waals surface area contributed by atoms with Crippen LogP contribution in [0.4, 0.5) is 5.82 Å². The molecular formula is C20H22N8S. The average molecular weight is 407 g/mol. The number of anilines is 1. The molecule has 1 aliphatic heterocycles. The lowest BCUT2D eigenvalue weighted by Crippen LogP contribution is -2.45. The van der Waals surface area contributed by atoms with Crippen LogP contribution >= 0.6 is 11.3 Å². The fourth-order valence-corrected chi connectivity index (χ4v) is 4.30. The fourth-order valence-electron chi connectivity index (χ4n) is 3.60. The standard InChI is InChI=1S/C20H22N8S/c1-26-7-9-27(10-8-26)19-20-24-12-16(28(20)6-5-23-19)15-2-4-22-18(25-15)17(21)14-3-11-29-13-14/h2-6,11-13,17H,7-10,21H2,1H3. The van der Waals surface area contributed by atoms with E-state index in [4.69, 9.17) is 10.7 Å². The van der Waals surface area contributed by atoms with Crippen LogP contribution < -0.4 is 10.6 Å². The SMILES string of the molecule is CN1CCN(c2nccn3c(-c4ccnc(C(N)c5ccsc5)n4)cnc23)CC1. The van der Waals surface area contributed by atoms with Crippen LogP contribution in [0, 0.1) is 0 Å². The predicted octanol–water partition coefficient (Wildman–Crippen LogP) is 2.05. The Morgan fingerprint density at radius 1 is 1.07 bits per heavy atom. The van der Waals surface area contributed by atoms with Gasteiger partial charge in [0.05, 0.1) is 23.6 Å². The Balaban J connectivity index is 1.52. The highest BCUT2D eigenvalue weighted by molar-refractivity contribution is 7.08. The van der Waals surface area contributed by atoms with E-state index in [1.165, 1.54) is 0 Å². The van der Waals surface area contributed by atoms with Crippen molar-refractivity contribution in [3.63, 3.8) is 0 Å². The molecule has 4 aromatic rings. The molecule has 0 bridgehead atoms. The first-order chi connectivity index (χ1) is 14.2. The number of imidazole rings is 1. The number of hydrogen-bond donors (Lipinski definition) is 1. The molecule has 8 nitrogen and oxygen atoms in total. The van der Waals surface area contributed by atoms with Gasteiger partial charge in [0.2, 0.25) is 0 Å². The van der Waals surface area contributed by atoms with Crippen LogP contribution in [-0.2, 0) is 0 Å². The lowest BCUT2D eigenvalue weighted by molar-refractivity contribution is 0.312. The summed E-state index contributed by atoms with van der Waals surface area (Å²) in [5.41, 5.74) is 9.93. The zero-order valence-electron chi connectivity index (χ0n) is 16.1. The first kappa shape index (κ1) is 18.2. The van der Waals surface area contributed by atoms with Crippen LogP contribution in [0.25, 0.3) is 17.0 Å². The first-order valence-electron chi connectivity index (χ1n) is 9.57. The molecule has 0 saturated carbocycles. The summed E-state index contributed by atoms with van der Waals surface area (Å²) in [5.74, 6) is 1.51. The third kappa shape index (κ3) is 3.37. The summed E-state index contributed by atoms with van der Waals surface area (Å²) >= 11 is 1.62. The van der Waals surface area contributed by atoms with Gasteiger partial charge >= 0.3 is 0 Å². The number of thiophene rings is 1. The van der Waals surface area contributed by atoms with Gasteiger partial charge in [0.1, 0.15) is 5.82 Å². The Bertz CT molecular complexity index is 1110. The lowest BCUT2D eigenvalue weighted by atomic mass is 10.1. The normalized spacial score (nSPS) is 16.4. The van der Waals surface area contributed by atoms with E-state index >= 15 is 0 Å². The number of fused-ring (bicyclic) bond motifs is 1. The van der Waals surface area contributed by atoms with Gasteiger partial charge in [0, 0.05) is 44.8 Å². The highest BCUT2D eigenvalue weighted by Gasteiger charge is 2.20. The largest absolute Gasteiger partial charge is 0.351 e. The smallest absolute Gasteiger partial charge is 0.180 e. The summed E-state index contributed by atoms with van der Waals surface area (Å²) in [7, 11) is 2.15. The van der Waals surface area contributed by atoms with Gasteiger partial charge in [-0.2, -0.15) is 11.3 Å². The molecular weight excluding hydrogens is 384 g/mol. The maximum Gasteiger partial charge on any atom is 0.180 e. The molecule has 0 amide bonds. The number of hydrogen-bond acceptors (Lipinski definition) is 8. The second kappa shape index (κ2) is 7.51. The van der Waals surface area contributed by atoms with Gasteiger partial charge in [0.25, 0.3) is 0 Å². The Morgan fingerprint density at radius 2 is 1.93 bits per heavy atom. The van der Waals surface area contributed by atoms with Crippen molar-refractivity contribution >= 4 is 22.8 Å². The lowest BCUT2D eigenvalue weighted by Gasteiger charge is -2.33. The van der Waals surface area contributed by atoms with Crippen molar-refractivity contribution in [3.8, 4) is 11.4 Å². The van der Waals surface area contributed by atoms with E-state index in [1.54, 1.807) is 17.5 Å². The number of nitrogens with zero attached hydrogens (tertiary/aromatic N) is 7. The molecule has 1 atom stereocenters. The maximum atomic E-state index is 6.37. The Hall–Kier alpha value is -2.88. The van der Waals surface area contributed by atoms with Crippen LogP contribution in [0.15, 0.2) is 47.7 Å². The third-order valence-corrected chi connectivity index (χ3v) is 6.03. The third-order valence-electron chi connectivity index (χ3n) is 5.33. The minimum absolute atomic E-state index is 0.344. The fraction of sp³-hybridized carbons (Fsp3) is 0.300. The molecule has 0 aromatic carbocycles. The van der Waals surface area contributed by atoms with Crippen molar-refractivity contribution in [2.24, 2.45) is 5.73 Å². The average Bonchev–Trinajstić information content (AvgIpc) is 3.44. The van der Waals surface area contributed by atoms with Crippen molar-refractivity contribution in [2.45, 2.75) is 6.04 Å². The van der Waals surface area contributed by atoms with Crippen molar-refractivity contribution in [3.05, 3.63) is 59.1 Å². The first-order valence-corrected chi connectivity index (χ1v) is 10.5. The minimum Gasteiger partial charge on any atom is -0.351 e. The second-order valence-corrected chi connectivity index (χ2v) is 7.99. The van der Waals surface area contributed by atoms with Crippen molar-refractivity contribution in [1.82, 2.24) is 29.2 Å². The molecule has 1 fully saturated rings. The van der Waals surface area contributed by atoms with Crippen LogP contribution in [0.2, 0.25) is 0 Å². The molecule has 1 unspecified atom stereocenters. The molecule has 5 rings (SSSR count). The van der Waals surface area contributed by atoms with E-state index in [0.29, 0.717) is 5.82 Å². The number of likely N-dealkylation sites (N-methyl/N-ethyl adjacent to an activating group) is 1. The Kier molecular flexibility index (Phi) is 4.70. The molecule has 4 aromatic heterocycles. The molecule has 29 heavy (non-hydrogen) atoms. The zero-order valence-corrected chi connectivity index (χ0v) is 17.0. The van der Waals surface area contributed by atoms with Gasteiger partial charge in [-0.1, -0.05) is 0 Å². The van der Waals surface area contributed by atoms with Crippen LogP contribution in [0.3, 0.4) is 0 Å². The predicted molar refractivity (Wildman–Crippen MR) is 114 cm³/mol. The molecule has 1 saturated heterocycles. The monoisotopic (exact) mass is 406 g/mol. The summed E-state index contributed by atoms with van der Waals surface area (Å²) in [6.45, 7) is 3.93. The molecule has 0 radical (unpaired) electrons. The minimum atomic E-state index is -0.344. The summed E-state index contributed by atoms with van der Waals surface area (Å²) in [5, 5.41) is 4.04. The van der Waals surface area contributed by atoms with Gasteiger partial charge in [-0.3, -0.25) is 4.40 Å². The number of rotatable bonds is 4.